The van der Waals surface area contributed by atoms with E-state index in [2.05, 4.69) is 9.88 Å². The first kappa shape index (κ1) is 19.2. The predicted molar refractivity (Wildman–Crippen MR) is 119 cm³/mol. The number of benzene rings is 2. The van der Waals surface area contributed by atoms with E-state index in [1.54, 1.807) is 0 Å². The van der Waals surface area contributed by atoms with Gasteiger partial charge in [-0.3, -0.25) is 4.57 Å². The summed E-state index contributed by atoms with van der Waals surface area (Å²) < 4.78 is 8.06. The zero-order chi connectivity index (χ0) is 20.7. The number of nitrogens with zero attached hydrogens (tertiary/aromatic N) is 2. The number of carbonyl (C=O) groups excluding carboxylic acids is 1. The van der Waals surface area contributed by atoms with Crippen LogP contribution in [0.15, 0.2) is 59.8 Å². The molecule has 5 rings (SSSR count). The number of nitrogens with one attached hydrogen (secondary N) is 1. The van der Waals surface area contributed by atoms with Gasteiger partial charge in [0.1, 0.15) is 6.10 Å². The Labute approximate surface area is 180 Å². The number of aromatic nitrogens is 2. The Morgan fingerprint density at radius 2 is 1.93 bits per heavy atom. The number of anilines is 1. The zero-order valence-corrected chi connectivity index (χ0v) is 17.7. The van der Waals surface area contributed by atoms with Gasteiger partial charge in [0.2, 0.25) is 5.95 Å². The van der Waals surface area contributed by atoms with Gasteiger partial charge < -0.3 is 10.1 Å². The van der Waals surface area contributed by atoms with Crippen molar-refractivity contribution in [2.75, 3.05) is 5.32 Å². The molecule has 2 heterocycles. The summed E-state index contributed by atoms with van der Waals surface area (Å²) in [4.78, 5) is 18.2. The Bertz CT molecular complexity index is 1140. The number of imidazole rings is 1. The second-order valence-corrected chi connectivity index (χ2v) is 8.52. The van der Waals surface area contributed by atoms with Crippen molar-refractivity contribution in [1.29, 1.82) is 0 Å². The first-order chi connectivity index (χ1) is 14.6. The quantitative estimate of drug-likeness (QED) is 0.538. The number of hydrogen-bond acceptors (Lipinski definition) is 4. The van der Waals surface area contributed by atoms with Crippen LogP contribution in [-0.2, 0) is 9.53 Å². The van der Waals surface area contributed by atoms with Crippen LogP contribution in [0, 0.1) is 0 Å². The Morgan fingerprint density at radius 1 is 1.13 bits per heavy atom. The van der Waals surface area contributed by atoms with E-state index >= 15 is 0 Å². The molecule has 1 N–H and O–H groups in total. The minimum Gasteiger partial charge on any atom is -0.459 e. The number of halogens is 1. The van der Waals surface area contributed by atoms with Crippen LogP contribution in [0.5, 0.6) is 0 Å². The van der Waals surface area contributed by atoms with Crippen molar-refractivity contribution in [2.45, 2.75) is 51.2 Å². The smallest absolute Gasteiger partial charge is 0.338 e. The third-order valence-corrected chi connectivity index (χ3v) is 6.28. The fourth-order valence-electron chi connectivity index (χ4n) is 4.62. The van der Waals surface area contributed by atoms with Crippen LogP contribution in [0.1, 0.15) is 50.6 Å². The maximum atomic E-state index is 13.4. The summed E-state index contributed by atoms with van der Waals surface area (Å²) in [7, 11) is 0. The highest BCUT2D eigenvalue weighted by Gasteiger charge is 2.36. The zero-order valence-electron chi connectivity index (χ0n) is 16.9. The molecule has 0 radical (unpaired) electrons. The summed E-state index contributed by atoms with van der Waals surface area (Å²) in [6, 6.07) is 15.3. The van der Waals surface area contributed by atoms with Gasteiger partial charge in [-0.05, 0) is 62.4 Å². The highest BCUT2D eigenvalue weighted by molar-refractivity contribution is 6.30. The molecule has 2 aromatic carbocycles. The monoisotopic (exact) mass is 421 g/mol. The SMILES string of the molecule is CC1=C(C(=O)OC2CCCCC2)C(c2cccc(Cl)c2)n2c(nc3ccccc32)N1. The van der Waals surface area contributed by atoms with Crippen molar-refractivity contribution in [1.82, 2.24) is 9.55 Å². The number of fused-ring (bicyclic) bond motifs is 3. The molecule has 154 valence electrons. The van der Waals surface area contributed by atoms with Gasteiger partial charge in [-0.2, -0.15) is 0 Å². The summed E-state index contributed by atoms with van der Waals surface area (Å²) in [5.74, 6) is 0.452. The van der Waals surface area contributed by atoms with Crippen molar-refractivity contribution in [3.8, 4) is 0 Å². The van der Waals surface area contributed by atoms with Crippen molar-refractivity contribution < 1.29 is 9.53 Å². The van der Waals surface area contributed by atoms with Crippen LogP contribution in [0.4, 0.5) is 5.95 Å². The van der Waals surface area contributed by atoms with E-state index in [1.807, 2.05) is 55.5 Å². The molecule has 3 aromatic rings. The second-order valence-electron chi connectivity index (χ2n) is 8.08. The average Bonchev–Trinajstić information content (AvgIpc) is 3.11. The normalized spacial score (nSPS) is 19.5. The number of hydrogen-bond donors (Lipinski definition) is 1. The minimum absolute atomic E-state index is 0.00695. The summed E-state index contributed by atoms with van der Waals surface area (Å²) in [5, 5.41) is 3.96. The molecule has 1 aliphatic carbocycles. The van der Waals surface area contributed by atoms with Crippen LogP contribution in [0.25, 0.3) is 11.0 Å². The summed E-state index contributed by atoms with van der Waals surface area (Å²) in [5.41, 5.74) is 4.15. The number of ether oxygens (including phenoxy) is 1. The standard InChI is InChI=1S/C24H24ClN3O2/c1-15-21(23(29)30-18-10-3-2-4-11-18)22(16-8-7-9-17(25)14-16)28-20-13-6-5-12-19(20)27-24(28)26-15/h5-9,12-14,18,22H,2-4,10-11H2,1H3,(H,26,27). The number of carbonyl (C=O) groups is 1. The van der Waals surface area contributed by atoms with Gasteiger partial charge in [-0.1, -0.05) is 42.3 Å². The van der Waals surface area contributed by atoms with Crippen molar-refractivity contribution in [3.05, 3.63) is 70.4 Å². The van der Waals surface area contributed by atoms with Crippen molar-refractivity contribution >= 4 is 34.6 Å². The van der Waals surface area contributed by atoms with Gasteiger partial charge >= 0.3 is 5.97 Å². The third-order valence-electron chi connectivity index (χ3n) is 6.04. The Hall–Kier alpha value is -2.79. The number of para-hydroxylation sites is 2. The molecule has 1 fully saturated rings. The van der Waals surface area contributed by atoms with E-state index in [1.165, 1.54) is 6.42 Å². The molecule has 1 atom stereocenters. The van der Waals surface area contributed by atoms with Gasteiger partial charge in [-0.25, -0.2) is 9.78 Å². The largest absolute Gasteiger partial charge is 0.459 e. The first-order valence-corrected chi connectivity index (χ1v) is 10.9. The van der Waals surface area contributed by atoms with E-state index in [9.17, 15) is 4.79 Å². The topological polar surface area (TPSA) is 56.2 Å². The van der Waals surface area contributed by atoms with Crippen LogP contribution >= 0.6 is 11.6 Å². The molecule has 0 amide bonds. The lowest BCUT2D eigenvalue weighted by Crippen LogP contribution is -2.31. The molecule has 0 bridgehead atoms. The lowest BCUT2D eigenvalue weighted by molar-refractivity contribution is -0.146. The number of rotatable bonds is 3. The molecular weight excluding hydrogens is 398 g/mol. The minimum atomic E-state index is -0.358. The molecule has 0 saturated heterocycles. The number of allylic oxidation sites excluding steroid dienone is 1. The van der Waals surface area contributed by atoms with Gasteiger partial charge in [0.15, 0.2) is 0 Å². The Morgan fingerprint density at radius 3 is 2.73 bits per heavy atom. The molecule has 1 saturated carbocycles. The fourth-order valence-corrected chi connectivity index (χ4v) is 4.82. The molecule has 6 heteroatoms. The van der Waals surface area contributed by atoms with Gasteiger partial charge in [0.05, 0.1) is 22.6 Å². The van der Waals surface area contributed by atoms with Gasteiger partial charge in [0.25, 0.3) is 0 Å². The van der Waals surface area contributed by atoms with E-state index < -0.39 is 0 Å². The summed E-state index contributed by atoms with van der Waals surface area (Å²) >= 11 is 6.33. The molecule has 2 aliphatic rings. The summed E-state index contributed by atoms with van der Waals surface area (Å²) in [6.07, 6.45) is 5.31. The number of esters is 1. The molecule has 1 aromatic heterocycles. The predicted octanol–water partition coefficient (Wildman–Crippen LogP) is 5.85. The third kappa shape index (κ3) is 3.37. The fraction of sp³-hybridized carbons (Fsp3) is 0.333. The van der Waals surface area contributed by atoms with E-state index in [0.717, 1.165) is 48.0 Å². The van der Waals surface area contributed by atoms with Crippen molar-refractivity contribution in [2.24, 2.45) is 0 Å². The van der Waals surface area contributed by atoms with E-state index in [4.69, 9.17) is 21.3 Å². The van der Waals surface area contributed by atoms with Crippen LogP contribution < -0.4 is 5.32 Å². The lowest BCUT2D eigenvalue weighted by atomic mass is 9.94. The van der Waals surface area contributed by atoms with Crippen LogP contribution in [0.2, 0.25) is 5.02 Å². The lowest BCUT2D eigenvalue weighted by Gasteiger charge is -2.31. The van der Waals surface area contributed by atoms with E-state index in [0.29, 0.717) is 16.5 Å². The molecule has 1 aliphatic heterocycles. The molecule has 1 unspecified atom stereocenters. The maximum Gasteiger partial charge on any atom is 0.338 e. The average molecular weight is 422 g/mol. The van der Waals surface area contributed by atoms with E-state index in [-0.39, 0.29) is 18.1 Å². The molecule has 5 nitrogen and oxygen atoms in total. The molecule has 30 heavy (non-hydrogen) atoms. The Kier molecular flexibility index (Phi) is 4.99. The van der Waals surface area contributed by atoms with Gasteiger partial charge in [-0.15, -0.1) is 0 Å². The maximum absolute atomic E-state index is 13.4. The van der Waals surface area contributed by atoms with Gasteiger partial charge in [0, 0.05) is 10.7 Å². The van der Waals surface area contributed by atoms with Crippen LogP contribution in [0.3, 0.4) is 0 Å². The first-order valence-electron chi connectivity index (χ1n) is 10.5. The second kappa shape index (κ2) is 7.80. The van der Waals surface area contributed by atoms with Crippen LogP contribution in [-0.4, -0.2) is 21.6 Å². The highest BCUT2D eigenvalue weighted by Crippen LogP contribution is 2.40. The molecular formula is C24H24ClN3O2. The Balaban J connectivity index is 1.63. The van der Waals surface area contributed by atoms with Crippen molar-refractivity contribution in [3.63, 3.8) is 0 Å². The molecule has 0 spiro atoms. The highest BCUT2D eigenvalue weighted by atomic mass is 35.5. The summed E-state index contributed by atoms with van der Waals surface area (Å²) in [6.45, 7) is 1.91.